The van der Waals surface area contributed by atoms with Crippen molar-refractivity contribution < 1.29 is 0 Å². The fourth-order valence-electron chi connectivity index (χ4n) is 1.24. The van der Waals surface area contributed by atoms with E-state index in [0.29, 0.717) is 5.84 Å². The van der Waals surface area contributed by atoms with Gasteiger partial charge in [-0.3, -0.25) is 5.41 Å². The average molecular weight is 199 g/mol. The number of hydrogen-bond acceptors (Lipinski definition) is 2. The highest BCUT2D eigenvalue weighted by Crippen LogP contribution is 2.22. The molecular formula is C11H25N3. The van der Waals surface area contributed by atoms with Crippen molar-refractivity contribution in [1.29, 1.82) is 5.41 Å². The summed E-state index contributed by atoms with van der Waals surface area (Å²) in [4.78, 5) is 2.31. The molecule has 0 aliphatic heterocycles. The van der Waals surface area contributed by atoms with Crippen LogP contribution in [0.25, 0.3) is 0 Å². The molecule has 14 heavy (non-hydrogen) atoms. The highest BCUT2D eigenvalue weighted by Gasteiger charge is 2.20. The number of nitrogens with zero attached hydrogens (tertiary/aromatic N) is 1. The van der Waals surface area contributed by atoms with Crippen molar-refractivity contribution in [3.63, 3.8) is 0 Å². The number of unbranched alkanes of at least 4 members (excludes halogenated alkanes) is 1. The molecule has 0 saturated carbocycles. The molecule has 0 rings (SSSR count). The zero-order valence-electron chi connectivity index (χ0n) is 10.1. The Hall–Kier alpha value is -0.570. The molecule has 0 aliphatic carbocycles. The van der Waals surface area contributed by atoms with E-state index in [1.165, 1.54) is 6.42 Å². The molecule has 0 saturated heterocycles. The Morgan fingerprint density at radius 3 is 2.36 bits per heavy atom. The lowest BCUT2D eigenvalue weighted by Gasteiger charge is -2.23. The molecule has 0 aromatic carbocycles. The molecule has 84 valence electrons. The summed E-state index contributed by atoms with van der Waals surface area (Å²) < 4.78 is 0. The van der Waals surface area contributed by atoms with E-state index in [1.807, 2.05) is 13.8 Å². The normalized spacial score (nSPS) is 12.1. The molecule has 0 amide bonds. The van der Waals surface area contributed by atoms with Crippen molar-refractivity contribution in [3.8, 4) is 0 Å². The van der Waals surface area contributed by atoms with Gasteiger partial charge >= 0.3 is 0 Å². The zero-order chi connectivity index (χ0) is 11.2. The fraction of sp³-hybridized carbons (Fsp3) is 0.909. The summed E-state index contributed by atoms with van der Waals surface area (Å²) >= 11 is 0. The first-order chi connectivity index (χ1) is 6.40. The number of nitrogens with one attached hydrogen (secondary N) is 1. The minimum atomic E-state index is -0.120. The summed E-state index contributed by atoms with van der Waals surface area (Å²) in [6, 6.07) is 0. The monoisotopic (exact) mass is 199 g/mol. The maximum absolute atomic E-state index is 7.42. The van der Waals surface area contributed by atoms with Crippen LogP contribution in [-0.4, -0.2) is 30.9 Å². The summed E-state index contributed by atoms with van der Waals surface area (Å²) in [5.74, 6) is 0.307. The molecule has 3 N–H and O–H groups in total. The van der Waals surface area contributed by atoms with E-state index in [-0.39, 0.29) is 5.41 Å². The Labute approximate surface area is 88.2 Å². The first-order valence-corrected chi connectivity index (χ1v) is 5.43. The maximum atomic E-state index is 7.42. The first-order valence-electron chi connectivity index (χ1n) is 5.43. The van der Waals surface area contributed by atoms with Crippen LogP contribution in [0, 0.1) is 10.8 Å². The van der Waals surface area contributed by atoms with Gasteiger partial charge in [-0.05, 0) is 33.0 Å². The van der Waals surface area contributed by atoms with E-state index in [9.17, 15) is 0 Å². The largest absolute Gasteiger partial charge is 0.387 e. The Balaban J connectivity index is 3.59. The smallest absolute Gasteiger partial charge is 0.0963 e. The molecule has 0 aromatic heterocycles. The SMILES string of the molecule is CCN(C)CCCCC(C)(C)C(=N)N. The molecule has 0 atom stereocenters. The number of amidine groups is 1. The van der Waals surface area contributed by atoms with Gasteiger partial charge in [0.25, 0.3) is 0 Å². The summed E-state index contributed by atoms with van der Waals surface area (Å²) in [5.41, 5.74) is 5.39. The van der Waals surface area contributed by atoms with Crippen LogP contribution in [0.5, 0.6) is 0 Å². The van der Waals surface area contributed by atoms with Crippen LogP contribution in [0.1, 0.15) is 40.0 Å². The second-order valence-corrected chi connectivity index (χ2v) is 4.65. The molecular weight excluding hydrogens is 174 g/mol. The van der Waals surface area contributed by atoms with E-state index >= 15 is 0 Å². The van der Waals surface area contributed by atoms with Crippen LogP contribution in [0.15, 0.2) is 0 Å². The van der Waals surface area contributed by atoms with Gasteiger partial charge in [-0.1, -0.05) is 27.2 Å². The minimum absolute atomic E-state index is 0.120. The second-order valence-electron chi connectivity index (χ2n) is 4.65. The molecule has 0 bridgehead atoms. The van der Waals surface area contributed by atoms with Crippen LogP contribution < -0.4 is 5.73 Å². The Morgan fingerprint density at radius 1 is 1.36 bits per heavy atom. The molecule has 0 unspecified atom stereocenters. The quantitative estimate of drug-likeness (QED) is 0.375. The number of hydrogen-bond donors (Lipinski definition) is 2. The zero-order valence-corrected chi connectivity index (χ0v) is 10.1. The molecule has 0 aliphatic rings. The Bertz CT molecular complexity index is 175. The summed E-state index contributed by atoms with van der Waals surface area (Å²) in [7, 11) is 2.14. The molecule has 3 heteroatoms. The van der Waals surface area contributed by atoms with E-state index < -0.39 is 0 Å². The van der Waals surface area contributed by atoms with E-state index in [4.69, 9.17) is 11.1 Å². The highest BCUT2D eigenvalue weighted by molar-refractivity contribution is 5.82. The van der Waals surface area contributed by atoms with Gasteiger partial charge in [-0.25, -0.2) is 0 Å². The third kappa shape index (κ3) is 5.22. The lowest BCUT2D eigenvalue weighted by molar-refractivity contribution is 0.330. The highest BCUT2D eigenvalue weighted by atomic mass is 15.1. The van der Waals surface area contributed by atoms with Gasteiger partial charge in [0.05, 0.1) is 5.84 Å². The van der Waals surface area contributed by atoms with Crippen LogP contribution in [0.2, 0.25) is 0 Å². The van der Waals surface area contributed by atoms with Gasteiger partial charge in [0, 0.05) is 5.41 Å². The third-order valence-corrected chi connectivity index (χ3v) is 2.86. The van der Waals surface area contributed by atoms with Crippen molar-refractivity contribution in [2.75, 3.05) is 20.1 Å². The standard InChI is InChI=1S/C11H25N3/c1-5-14(4)9-7-6-8-11(2,3)10(12)13/h5-9H2,1-4H3,(H3,12,13). The van der Waals surface area contributed by atoms with Gasteiger partial charge in [-0.2, -0.15) is 0 Å². The lowest BCUT2D eigenvalue weighted by atomic mass is 9.86. The van der Waals surface area contributed by atoms with Crippen LogP contribution in [0.3, 0.4) is 0 Å². The summed E-state index contributed by atoms with van der Waals surface area (Å²) in [6.45, 7) is 8.50. The second kappa shape index (κ2) is 6.02. The average Bonchev–Trinajstić information content (AvgIpc) is 2.11. The van der Waals surface area contributed by atoms with Crippen LogP contribution in [-0.2, 0) is 0 Å². The summed E-state index contributed by atoms with van der Waals surface area (Å²) in [6.07, 6.45) is 3.36. The molecule has 0 spiro atoms. The predicted octanol–water partition coefficient (Wildman–Crippen LogP) is 2.07. The van der Waals surface area contributed by atoms with E-state index in [0.717, 1.165) is 25.9 Å². The van der Waals surface area contributed by atoms with Crippen LogP contribution >= 0.6 is 0 Å². The van der Waals surface area contributed by atoms with Crippen molar-refractivity contribution in [3.05, 3.63) is 0 Å². The topological polar surface area (TPSA) is 53.1 Å². The van der Waals surface area contributed by atoms with Crippen molar-refractivity contribution >= 4 is 5.84 Å². The number of rotatable bonds is 7. The Kier molecular flexibility index (Phi) is 5.77. The molecule has 0 heterocycles. The number of nitrogens with two attached hydrogens (primary N) is 1. The molecule has 0 radical (unpaired) electrons. The Morgan fingerprint density at radius 2 is 1.93 bits per heavy atom. The predicted molar refractivity (Wildman–Crippen MR) is 62.7 cm³/mol. The maximum Gasteiger partial charge on any atom is 0.0963 e. The van der Waals surface area contributed by atoms with Gasteiger partial charge in [0.2, 0.25) is 0 Å². The fourth-order valence-corrected chi connectivity index (χ4v) is 1.24. The van der Waals surface area contributed by atoms with E-state index in [2.05, 4.69) is 18.9 Å². The van der Waals surface area contributed by atoms with Crippen molar-refractivity contribution in [2.45, 2.75) is 40.0 Å². The molecule has 0 fully saturated rings. The molecule has 0 aromatic rings. The van der Waals surface area contributed by atoms with Gasteiger partial charge < -0.3 is 10.6 Å². The van der Waals surface area contributed by atoms with Crippen LogP contribution in [0.4, 0.5) is 0 Å². The lowest BCUT2D eigenvalue weighted by Crippen LogP contribution is -2.31. The van der Waals surface area contributed by atoms with Gasteiger partial charge in [0.1, 0.15) is 0 Å². The van der Waals surface area contributed by atoms with Crippen molar-refractivity contribution in [1.82, 2.24) is 4.90 Å². The third-order valence-electron chi connectivity index (χ3n) is 2.86. The first kappa shape index (κ1) is 13.4. The van der Waals surface area contributed by atoms with Gasteiger partial charge in [-0.15, -0.1) is 0 Å². The van der Waals surface area contributed by atoms with Gasteiger partial charge in [0.15, 0.2) is 0 Å². The summed E-state index contributed by atoms with van der Waals surface area (Å²) in [5, 5.41) is 7.42. The molecule has 3 nitrogen and oxygen atoms in total. The van der Waals surface area contributed by atoms with Crippen molar-refractivity contribution in [2.24, 2.45) is 11.1 Å². The minimum Gasteiger partial charge on any atom is -0.387 e. The van der Waals surface area contributed by atoms with E-state index in [1.54, 1.807) is 0 Å².